The third kappa shape index (κ3) is 7.08. The van der Waals surface area contributed by atoms with Crippen molar-refractivity contribution < 1.29 is 14.3 Å². The van der Waals surface area contributed by atoms with Crippen molar-refractivity contribution in [3.8, 4) is 5.75 Å². The zero-order valence-electron chi connectivity index (χ0n) is 16.3. The number of nitrogens with zero attached hydrogens (tertiary/aromatic N) is 1. The maximum atomic E-state index is 12.3. The van der Waals surface area contributed by atoms with Crippen molar-refractivity contribution in [3.05, 3.63) is 57.0 Å². The van der Waals surface area contributed by atoms with Crippen LogP contribution in [-0.2, 0) is 9.59 Å². The molecule has 0 radical (unpaired) electrons. The number of amides is 2. The van der Waals surface area contributed by atoms with Gasteiger partial charge in [0, 0.05) is 5.02 Å². The number of carbonyl (C=O) groups is 2. The average Bonchev–Trinajstić information content (AvgIpc) is 2.63. The van der Waals surface area contributed by atoms with Crippen molar-refractivity contribution in [2.45, 2.75) is 13.0 Å². The number of likely N-dealkylation sites (N-methyl/N-ethyl adjacent to an activating group) is 1. The monoisotopic (exact) mass is 457 g/mol. The lowest BCUT2D eigenvalue weighted by atomic mass is 10.1. The minimum absolute atomic E-state index is 0.0181. The zero-order valence-corrected chi connectivity index (χ0v) is 18.5. The van der Waals surface area contributed by atoms with Crippen molar-refractivity contribution in [1.29, 1.82) is 0 Å². The molecule has 2 rings (SSSR count). The van der Waals surface area contributed by atoms with Crippen molar-refractivity contribution in [2.24, 2.45) is 0 Å². The van der Waals surface area contributed by atoms with E-state index in [9.17, 15) is 9.59 Å². The molecule has 0 aliphatic carbocycles. The highest BCUT2D eigenvalue weighted by molar-refractivity contribution is 6.42. The molecule has 156 valence electrons. The Bertz CT molecular complexity index is 893. The summed E-state index contributed by atoms with van der Waals surface area (Å²) in [6.45, 7) is 1.91. The molecule has 29 heavy (non-hydrogen) atoms. The molecule has 0 aromatic heterocycles. The summed E-state index contributed by atoms with van der Waals surface area (Å²) in [5, 5.41) is 6.96. The molecule has 0 aliphatic heterocycles. The Kier molecular flexibility index (Phi) is 8.59. The van der Waals surface area contributed by atoms with Crippen LogP contribution in [0.2, 0.25) is 15.1 Å². The normalized spacial score (nSPS) is 11.8. The molecule has 2 N–H and O–H groups in total. The van der Waals surface area contributed by atoms with Gasteiger partial charge < -0.3 is 15.4 Å². The molecule has 0 heterocycles. The van der Waals surface area contributed by atoms with E-state index in [1.807, 2.05) is 6.92 Å². The van der Waals surface area contributed by atoms with Gasteiger partial charge in [-0.25, -0.2) is 0 Å². The standard InChI is InChI=1S/C20H22Cl3N3O3/c1-12(13-4-6-15(22)16(23)8-13)24-19(27)10-26(2)11-20(28)25-17-9-14(21)5-7-18(17)29-3/h4-9,12H,10-11H2,1-3H3,(H,24,27)(H,25,28)/t12-/m0/s1. The van der Waals surface area contributed by atoms with Crippen LogP contribution in [0.1, 0.15) is 18.5 Å². The third-order valence-corrected chi connectivity index (χ3v) is 5.06. The lowest BCUT2D eigenvalue weighted by Gasteiger charge is -2.19. The topological polar surface area (TPSA) is 70.7 Å². The number of nitrogens with one attached hydrogen (secondary N) is 2. The minimum atomic E-state index is -0.293. The summed E-state index contributed by atoms with van der Waals surface area (Å²) in [6.07, 6.45) is 0. The van der Waals surface area contributed by atoms with Gasteiger partial charge in [-0.3, -0.25) is 14.5 Å². The fourth-order valence-electron chi connectivity index (χ4n) is 2.67. The van der Waals surface area contributed by atoms with Crippen LogP contribution in [0, 0.1) is 0 Å². The summed E-state index contributed by atoms with van der Waals surface area (Å²) >= 11 is 17.9. The highest BCUT2D eigenvalue weighted by Crippen LogP contribution is 2.27. The van der Waals surface area contributed by atoms with Gasteiger partial charge in [0.05, 0.1) is 42.0 Å². The van der Waals surface area contributed by atoms with E-state index in [0.717, 1.165) is 5.56 Å². The number of benzene rings is 2. The first-order chi connectivity index (χ1) is 13.7. The molecular weight excluding hydrogens is 437 g/mol. The van der Waals surface area contributed by atoms with Crippen LogP contribution < -0.4 is 15.4 Å². The van der Waals surface area contributed by atoms with Gasteiger partial charge >= 0.3 is 0 Å². The number of ether oxygens (including phenoxy) is 1. The number of hydrogen-bond acceptors (Lipinski definition) is 4. The Labute approximate surface area is 185 Å². The summed E-state index contributed by atoms with van der Waals surface area (Å²) in [5.74, 6) is -0.0174. The molecule has 0 spiro atoms. The molecule has 0 saturated heterocycles. The van der Waals surface area contributed by atoms with E-state index in [-0.39, 0.29) is 30.9 Å². The summed E-state index contributed by atoms with van der Waals surface area (Å²) in [5.41, 5.74) is 1.30. The molecule has 1 atom stereocenters. The van der Waals surface area contributed by atoms with Gasteiger partial charge in [-0.1, -0.05) is 40.9 Å². The van der Waals surface area contributed by atoms with Crippen molar-refractivity contribution in [1.82, 2.24) is 10.2 Å². The van der Waals surface area contributed by atoms with Crippen molar-refractivity contribution in [2.75, 3.05) is 32.6 Å². The molecule has 9 heteroatoms. The lowest BCUT2D eigenvalue weighted by Crippen LogP contribution is -2.39. The van der Waals surface area contributed by atoms with Gasteiger partial charge in [0.1, 0.15) is 5.75 Å². The molecule has 2 amide bonds. The molecule has 2 aromatic rings. The smallest absolute Gasteiger partial charge is 0.238 e. The summed E-state index contributed by atoms with van der Waals surface area (Å²) < 4.78 is 5.20. The lowest BCUT2D eigenvalue weighted by molar-refractivity contribution is -0.123. The number of anilines is 1. The summed E-state index contributed by atoms with van der Waals surface area (Å²) in [6, 6.07) is 9.88. The molecule has 0 saturated carbocycles. The van der Waals surface area contributed by atoms with Gasteiger partial charge in [0.15, 0.2) is 0 Å². The Morgan fingerprint density at radius 2 is 1.72 bits per heavy atom. The molecule has 0 unspecified atom stereocenters. The third-order valence-electron chi connectivity index (χ3n) is 4.08. The van der Waals surface area contributed by atoms with Gasteiger partial charge in [-0.15, -0.1) is 0 Å². The fourth-order valence-corrected chi connectivity index (χ4v) is 3.14. The largest absolute Gasteiger partial charge is 0.495 e. The molecule has 0 bridgehead atoms. The van der Waals surface area contributed by atoms with E-state index < -0.39 is 0 Å². The first-order valence-electron chi connectivity index (χ1n) is 8.76. The van der Waals surface area contributed by atoms with Crippen LogP contribution >= 0.6 is 34.8 Å². The van der Waals surface area contributed by atoms with E-state index in [1.54, 1.807) is 48.3 Å². The van der Waals surface area contributed by atoms with Crippen molar-refractivity contribution in [3.63, 3.8) is 0 Å². The van der Waals surface area contributed by atoms with E-state index in [0.29, 0.717) is 26.5 Å². The van der Waals surface area contributed by atoms with Crippen LogP contribution in [0.5, 0.6) is 5.75 Å². The summed E-state index contributed by atoms with van der Waals surface area (Å²) in [7, 11) is 3.18. The quantitative estimate of drug-likeness (QED) is 0.615. The number of hydrogen-bond donors (Lipinski definition) is 2. The summed E-state index contributed by atoms with van der Waals surface area (Å²) in [4.78, 5) is 26.2. The second-order valence-electron chi connectivity index (χ2n) is 6.53. The maximum absolute atomic E-state index is 12.3. The van der Waals surface area contributed by atoms with Gasteiger partial charge in [-0.2, -0.15) is 0 Å². The van der Waals surface area contributed by atoms with Gasteiger partial charge in [0.2, 0.25) is 11.8 Å². The first-order valence-corrected chi connectivity index (χ1v) is 9.89. The number of methoxy groups -OCH3 is 1. The van der Waals surface area contributed by atoms with Crippen LogP contribution in [0.3, 0.4) is 0 Å². The van der Waals surface area contributed by atoms with E-state index in [2.05, 4.69) is 10.6 Å². The maximum Gasteiger partial charge on any atom is 0.238 e. The number of carbonyl (C=O) groups excluding carboxylic acids is 2. The molecule has 6 nitrogen and oxygen atoms in total. The molecule has 2 aromatic carbocycles. The SMILES string of the molecule is COc1ccc(Cl)cc1NC(=O)CN(C)CC(=O)N[C@@H](C)c1ccc(Cl)c(Cl)c1. The number of rotatable bonds is 8. The molecular formula is C20H22Cl3N3O3. The molecule has 0 fully saturated rings. The Morgan fingerprint density at radius 3 is 2.38 bits per heavy atom. The minimum Gasteiger partial charge on any atom is -0.495 e. The van der Waals surface area contributed by atoms with Crippen LogP contribution in [0.25, 0.3) is 0 Å². The average molecular weight is 459 g/mol. The van der Waals surface area contributed by atoms with Gasteiger partial charge in [0.25, 0.3) is 0 Å². The Morgan fingerprint density at radius 1 is 1.03 bits per heavy atom. The van der Waals surface area contributed by atoms with Crippen LogP contribution in [-0.4, -0.2) is 44.0 Å². The Balaban J connectivity index is 1.87. The highest BCUT2D eigenvalue weighted by atomic mass is 35.5. The van der Waals surface area contributed by atoms with E-state index >= 15 is 0 Å². The predicted octanol–water partition coefficient (Wildman–Crippen LogP) is 4.40. The van der Waals surface area contributed by atoms with Crippen LogP contribution in [0.4, 0.5) is 5.69 Å². The fraction of sp³-hybridized carbons (Fsp3) is 0.300. The molecule has 0 aliphatic rings. The van der Waals surface area contributed by atoms with Gasteiger partial charge in [-0.05, 0) is 49.9 Å². The highest BCUT2D eigenvalue weighted by Gasteiger charge is 2.15. The second-order valence-corrected chi connectivity index (χ2v) is 7.78. The van der Waals surface area contributed by atoms with Crippen LogP contribution in [0.15, 0.2) is 36.4 Å². The van der Waals surface area contributed by atoms with E-state index in [1.165, 1.54) is 7.11 Å². The van der Waals surface area contributed by atoms with E-state index in [4.69, 9.17) is 39.5 Å². The first kappa shape index (κ1) is 23.3. The number of halogens is 3. The van der Waals surface area contributed by atoms with Crippen molar-refractivity contribution >= 4 is 52.3 Å². The second kappa shape index (κ2) is 10.7. The zero-order chi connectivity index (χ0) is 21.6. The Hall–Kier alpha value is -1.99. The predicted molar refractivity (Wildman–Crippen MR) is 117 cm³/mol.